The van der Waals surface area contributed by atoms with Gasteiger partial charge in [-0.15, -0.1) is 0 Å². The Hall–Kier alpha value is -3.97. The molecule has 0 spiro atoms. The monoisotopic (exact) mass is 539 g/mol. The number of methoxy groups -OCH3 is 1. The zero-order valence-corrected chi connectivity index (χ0v) is 21.2. The zero-order chi connectivity index (χ0) is 26.1. The van der Waals surface area contributed by atoms with Gasteiger partial charge in [0.2, 0.25) is 5.91 Å². The van der Waals surface area contributed by atoms with Crippen LogP contribution in [0.25, 0.3) is 11.7 Å². The van der Waals surface area contributed by atoms with Crippen LogP contribution in [-0.4, -0.2) is 62.6 Å². The lowest BCUT2D eigenvalue weighted by molar-refractivity contribution is -0.143. The van der Waals surface area contributed by atoms with Gasteiger partial charge >= 0.3 is 5.97 Å². The number of pyridine rings is 1. The smallest absolute Gasteiger partial charge is 0.308 e. The fraction of sp³-hybridized carbons (Fsp3) is 0.250. The zero-order valence-electron chi connectivity index (χ0n) is 19.6. The van der Waals surface area contributed by atoms with Crippen LogP contribution in [0.4, 0.5) is 5.82 Å². The number of rotatable bonds is 6. The van der Waals surface area contributed by atoms with E-state index in [0.717, 1.165) is 11.8 Å². The van der Waals surface area contributed by atoms with Crippen LogP contribution >= 0.6 is 24.0 Å². The number of furan rings is 1. The summed E-state index contributed by atoms with van der Waals surface area (Å²) in [5.41, 5.74) is 0.0271. The van der Waals surface area contributed by atoms with Crippen LogP contribution in [0.5, 0.6) is 0 Å². The van der Waals surface area contributed by atoms with Crippen molar-refractivity contribution < 1.29 is 23.5 Å². The number of aromatic nitrogens is 2. The normalized spacial score (nSPS) is 19.1. The number of carbonyl (C=O) groups excluding carboxylic acids is 3. The lowest BCUT2D eigenvalue weighted by Gasteiger charge is -2.36. The third-order valence-corrected chi connectivity index (χ3v) is 7.36. The number of ether oxygens (including phenoxy) is 1. The van der Waals surface area contributed by atoms with Gasteiger partial charge in [-0.25, -0.2) is 4.98 Å². The molecule has 13 heteroatoms. The van der Waals surface area contributed by atoms with Crippen LogP contribution in [0.15, 0.2) is 56.9 Å². The standard InChI is InChI=1S/C24H21N5O6S2/c1-34-19(30)12-16-21(31)25-7-9-27(16)20-15(22(32)28-8-3-2-6-18(28)26-20)11-17-23(33)29(24(36)37-17)13-14-5-4-10-35-14/h2-6,8,10-11,16H,7,9,12-13H2,1H3,(H,25,31). The minimum atomic E-state index is -0.945. The summed E-state index contributed by atoms with van der Waals surface area (Å²) in [7, 11) is 1.24. The number of anilines is 1. The average Bonchev–Trinajstić information content (AvgIpc) is 3.50. The maximum Gasteiger partial charge on any atom is 0.308 e. The molecule has 0 aliphatic carbocycles. The predicted octanol–water partition coefficient (Wildman–Crippen LogP) is 1.56. The van der Waals surface area contributed by atoms with E-state index in [4.69, 9.17) is 21.4 Å². The van der Waals surface area contributed by atoms with E-state index in [1.807, 2.05) is 0 Å². The molecule has 2 saturated heterocycles. The first-order valence-corrected chi connectivity index (χ1v) is 12.5. The number of carbonyl (C=O) groups is 3. The van der Waals surface area contributed by atoms with E-state index in [2.05, 4.69) is 10.3 Å². The van der Waals surface area contributed by atoms with E-state index < -0.39 is 17.6 Å². The van der Waals surface area contributed by atoms with Gasteiger partial charge in [0.25, 0.3) is 11.5 Å². The highest BCUT2D eigenvalue weighted by atomic mass is 32.2. The SMILES string of the molecule is COC(=O)CC1C(=O)NCCN1c1nc2ccccn2c(=O)c1C=C1SC(=S)N(Cc2ccco2)C1=O. The molecule has 11 nitrogen and oxygen atoms in total. The molecule has 3 aromatic rings. The molecule has 5 rings (SSSR count). The highest BCUT2D eigenvalue weighted by Gasteiger charge is 2.37. The highest BCUT2D eigenvalue weighted by Crippen LogP contribution is 2.35. The largest absolute Gasteiger partial charge is 0.469 e. The van der Waals surface area contributed by atoms with E-state index in [0.29, 0.717) is 22.3 Å². The Balaban J connectivity index is 1.61. The molecule has 2 aliphatic heterocycles. The number of esters is 1. The number of amides is 2. The summed E-state index contributed by atoms with van der Waals surface area (Å²) in [6.07, 6.45) is 4.30. The van der Waals surface area contributed by atoms with Crippen molar-refractivity contribution in [2.75, 3.05) is 25.1 Å². The minimum Gasteiger partial charge on any atom is -0.469 e. The van der Waals surface area contributed by atoms with E-state index >= 15 is 0 Å². The average molecular weight is 540 g/mol. The molecule has 2 aliphatic rings. The van der Waals surface area contributed by atoms with Crippen molar-refractivity contribution in [1.29, 1.82) is 0 Å². The summed E-state index contributed by atoms with van der Waals surface area (Å²) in [5.74, 6) is -0.586. The van der Waals surface area contributed by atoms with Gasteiger partial charge in [0.15, 0.2) is 0 Å². The lowest BCUT2D eigenvalue weighted by Crippen LogP contribution is -2.57. The molecular weight excluding hydrogens is 518 g/mol. The van der Waals surface area contributed by atoms with Crippen molar-refractivity contribution in [3.8, 4) is 0 Å². The Labute approximate surface area is 220 Å². The molecule has 1 unspecified atom stereocenters. The number of hydrogen-bond donors (Lipinski definition) is 1. The maximum absolute atomic E-state index is 13.6. The summed E-state index contributed by atoms with van der Waals surface area (Å²) in [5, 5.41) is 2.74. The number of nitrogens with zero attached hydrogens (tertiary/aromatic N) is 4. The quantitative estimate of drug-likeness (QED) is 0.280. The van der Waals surface area contributed by atoms with Gasteiger partial charge in [-0.05, 0) is 30.3 Å². The summed E-state index contributed by atoms with van der Waals surface area (Å²) in [6.45, 7) is 0.741. The van der Waals surface area contributed by atoms with E-state index in [1.54, 1.807) is 41.4 Å². The molecule has 190 valence electrons. The molecule has 37 heavy (non-hydrogen) atoms. The summed E-state index contributed by atoms with van der Waals surface area (Å²) in [4.78, 5) is 59.6. The molecule has 1 N–H and O–H groups in total. The van der Waals surface area contributed by atoms with Crippen LogP contribution in [0.1, 0.15) is 17.7 Å². The van der Waals surface area contributed by atoms with Crippen molar-refractivity contribution in [1.82, 2.24) is 19.6 Å². The van der Waals surface area contributed by atoms with Gasteiger partial charge in [0.1, 0.15) is 27.6 Å². The van der Waals surface area contributed by atoms with E-state index in [-0.39, 0.29) is 47.6 Å². The van der Waals surface area contributed by atoms with Gasteiger partial charge in [0.05, 0.1) is 36.8 Å². The number of piperazine rings is 1. The summed E-state index contributed by atoms with van der Waals surface area (Å²) >= 11 is 6.48. The second-order valence-electron chi connectivity index (χ2n) is 8.21. The van der Waals surface area contributed by atoms with Gasteiger partial charge < -0.3 is 19.4 Å². The molecule has 0 saturated carbocycles. The molecule has 2 fully saturated rings. The van der Waals surface area contributed by atoms with Crippen LogP contribution in [0, 0.1) is 0 Å². The number of thioether (sulfide) groups is 1. The molecule has 5 heterocycles. The van der Waals surface area contributed by atoms with Crippen LogP contribution in [0.2, 0.25) is 0 Å². The van der Waals surface area contributed by atoms with Gasteiger partial charge in [0, 0.05) is 19.3 Å². The van der Waals surface area contributed by atoms with E-state index in [9.17, 15) is 19.2 Å². The number of nitrogens with one attached hydrogen (secondary N) is 1. The van der Waals surface area contributed by atoms with Crippen molar-refractivity contribution in [2.24, 2.45) is 0 Å². The number of fused-ring (bicyclic) bond motifs is 1. The Morgan fingerprint density at radius 1 is 1.30 bits per heavy atom. The van der Waals surface area contributed by atoms with Crippen molar-refractivity contribution in [3.05, 3.63) is 69.4 Å². The Bertz CT molecular complexity index is 1500. The Kier molecular flexibility index (Phi) is 6.80. The maximum atomic E-state index is 13.6. The van der Waals surface area contributed by atoms with Crippen molar-refractivity contribution in [2.45, 2.75) is 19.0 Å². The second-order valence-corrected chi connectivity index (χ2v) is 9.89. The molecular formula is C24H21N5O6S2. The summed E-state index contributed by atoms with van der Waals surface area (Å²) in [6, 6.07) is 7.60. The van der Waals surface area contributed by atoms with Crippen LogP contribution < -0.4 is 15.8 Å². The third kappa shape index (κ3) is 4.74. The van der Waals surface area contributed by atoms with Gasteiger partial charge in [-0.1, -0.05) is 30.0 Å². The van der Waals surface area contributed by atoms with Crippen molar-refractivity contribution in [3.63, 3.8) is 0 Å². The molecule has 1 atom stereocenters. The first kappa shape index (κ1) is 24.7. The first-order chi connectivity index (χ1) is 17.9. The lowest BCUT2D eigenvalue weighted by atomic mass is 10.1. The Morgan fingerprint density at radius 2 is 2.14 bits per heavy atom. The van der Waals surface area contributed by atoms with Crippen LogP contribution in [-0.2, 0) is 25.7 Å². The Morgan fingerprint density at radius 3 is 2.89 bits per heavy atom. The van der Waals surface area contributed by atoms with Gasteiger partial charge in [-0.3, -0.25) is 28.5 Å². The topological polar surface area (TPSA) is 126 Å². The van der Waals surface area contributed by atoms with Crippen molar-refractivity contribution >= 4 is 63.6 Å². The molecule has 0 aromatic carbocycles. The minimum absolute atomic E-state index is 0.103. The first-order valence-electron chi connectivity index (χ1n) is 11.3. The number of thiocarbonyl (C=S) groups is 1. The second kappa shape index (κ2) is 10.2. The fourth-order valence-electron chi connectivity index (χ4n) is 4.17. The molecule has 0 radical (unpaired) electrons. The highest BCUT2D eigenvalue weighted by molar-refractivity contribution is 8.26. The predicted molar refractivity (Wildman–Crippen MR) is 140 cm³/mol. The third-order valence-electron chi connectivity index (χ3n) is 5.98. The number of hydrogen-bond acceptors (Lipinski definition) is 10. The molecule has 3 aromatic heterocycles. The molecule has 2 amide bonds. The van der Waals surface area contributed by atoms with Crippen LogP contribution in [0.3, 0.4) is 0 Å². The fourth-order valence-corrected chi connectivity index (χ4v) is 5.41. The van der Waals surface area contributed by atoms with Gasteiger partial charge in [-0.2, -0.15) is 0 Å². The molecule has 0 bridgehead atoms. The summed E-state index contributed by atoms with van der Waals surface area (Å²) < 4.78 is 11.8. The van der Waals surface area contributed by atoms with E-state index in [1.165, 1.54) is 28.7 Å².